The van der Waals surface area contributed by atoms with E-state index in [-0.39, 0.29) is 6.04 Å². The van der Waals surface area contributed by atoms with Gasteiger partial charge in [0, 0.05) is 47.7 Å². The molecule has 0 radical (unpaired) electrons. The molecule has 0 spiro atoms. The molecule has 5 rings (SSSR count). The molecule has 43 heavy (non-hydrogen) atoms. The number of anilines is 1. The number of fused-ring (bicyclic) bond motifs is 1. The number of hydrogen-bond donors (Lipinski definition) is 1. The molecule has 4 aromatic rings. The highest BCUT2D eigenvalue weighted by Gasteiger charge is 2.27. The van der Waals surface area contributed by atoms with Crippen molar-refractivity contribution < 1.29 is 0 Å². The first-order valence-corrected chi connectivity index (χ1v) is 16.4. The smallest absolute Gasteiger partial charge is 0.145 e. The Hall–Kier alpha value is -2.74. The fraction of sp³-hybridized carbons (Fsp3) is 0.429. The van der Waals surface area contributed by atoms with Crippen LogP contribution in [-0.4, -0.2) is 76.5 Å². The van der Waals surface area contributed by atoms with E-state index >= 15 is 0 Å². The van der Waals surface area contributed by atoms with Crippen molar-refractivity contribution in [2.75, 3.05) is 51.1 Å². The summed E-state index contributed by atoms with van der Waals surface area (Å²) in [5.74, 6) is 1.82. The summed E-state index contributed by atoms with van der Waals surface area (Å²) in [7, 11) is 0. The molecule has 6 nitrogen and oxygen atoms in total. The number of aromatic nitrogens is 2. The summed E-state index contributed by atoms with van der Waals surface area (Å²) in [6.45, 7) is 14.6. The molecule has 3 aromatic carbocycles. The molecule has 1 aliphatic rings. The predicted octanol–water partition coefficient (Wildman–Crippen LogP) is 7.77. The fourth-order valence-electron chi connectivity index (χ4n) is 6.06. The van der Waals surface area contributed by atoms with E-state index in [4.69, 9.17) is 33.2 Å². The molecule has 1 N–H and O–H groups in total. The third-order valence-electron chi connectivity index (χ3n) is 8.55. The van der Waals surface area contributed by atoms with Crippen molar-refractivity contribution >= 4 is 39.9 Å². The zero-order chi connectivity index (χ0) is 30.2. The van der Waals surface area contributed by atoms with Gasteiger partial charge in [0.05, 0.1) is 18.1 Å². The summed E-state index contributed by atoms with van der Waals surface area (Å²) in [5, 5.41) is 6.31. The molecule has 1 aromatic heterocycles. The lowest BCUT2D eigenvalue weighted by atomic mass is 9.96. The van der Waals surface area contributed by atoms with Gasteiger partial charge in [-0.2, -0.15) is 0 Å². The quantitative estimate of drug-likeness (QED) is 0.165. The molecule has 1 unspecified atom stereocenters. The van der Waals surface area contributed by atoms with Gasteiger partial charge in [-0.25, -0.2) is 9.97 Å². The maximum atomic E-state index is 6.23. The van der Waals surface area contributed by atoms with Crippen molar-refractivity contribution in [3.63, 3.8) is 0 Å². The average Bonchev–Trinajstić information content (AvgIpc) is 3.02. The Kier molecular flexibility index (Phi) is 11.3. The van der Waals surface area contributed by atoms with E-state index in [1.54, 1.807) is 0 Å². The van der Waals surface area contributed by atoms with Gasteiger partial charge >= 0.3 is 0 Å². The standard InChI is InChI=1S/C35H44Cl2N6/c1-4-41(5-2)20-8-9-26(3)38-35-31-10-6-7-11-32(31)39-33(40-35)25-42-21-23-43(24-22-42)34(27-12-16-29(36)17-13-27)28-14-18-30(37)19-15-28/h6-7,10-19,26,34H,4-5,8-9,20-25H2,1-3H3,(H,38,39,40). The highest BCUT2D eigenvalue weighted by Crippen LogP contribution is 2.31. The number of nitrogens with one attached hydrogen (secondary N) is 1. The lowest BCUT2D eigenvalue weighted by molar-refractivity contribution is 0.103. The molecule has 0 amide bonds. The van der Waals surface area contributed by atoms with Gasteiger partial charge in [0.25, 0.3) is 0 Å². The Morgan fingerprint density at radius 1 is 0.814 bits per heavy atom. The molecule has 1 saturated heterocycles. The highest BCUT2D eigenvalue weighted by molar-refractivity contribution is 6.30. The monoisotopic (exact) mass is 618 g/mol. The van der Waals surface area contributed by atoms with Crippen LogP contribution >= 0.6 is 23.2 Å². The summed E-state index contributed by atoms with van der Waals surface area (Å²) >= 11 is 12.5. The molecule has 0 saturated carbocycles. The molecule has 228 valence electrons. The molecule has 1 fully saturated rings. The summed E-state index contributed by atoms with van der Waals surface area (Å²) in [6, 6.07) is 25.3. The van der Waals surface area contributed by atoms with Gasteiger partial charge in [-0.1, -0.05) is 73.4 Å². The van der Waals surface area contributed by atoms with Crippen LogP contribution in [-0.2, 0) is 6.54 Å². The minimum atomic E-state index is 0.146. The third kappa shape index (κ3) is 8.46. The summed E-state index contributed by atoms with van der Waals surface area (Å²) in [6.07, 6.45) is 2.28. The number of rotatable bonds is 13. The normalized spacial score (nSPS) is 15.4. The summed E-state index contributed by atoms with van der Waals surface area (Å²) < 4.78 is 0. The van der Waals surface area contributed by atoms with Crippen molar-refractivity contribution in [3.05, 3.63) is 99.8 Å². The molecule has 0 bridgehead atoms. The van der Waals surface area contributed by atoms with E-state index < -0.39 is 0 Å². The SMILES string of the molecule is CCN(CC)CCCC(C)Nc1nc(CN2CCN(C(c3ccc(Cl)cc3)c3ccc(Cl)cc3)CC2)nc2ccccc12. The van der Waals surface area contributed by atoms with Gasteiger partial charge < -0.3 is 10.2 Å². The minimum absolute atomic E-state index is 0.146. The predicted molar refractivity (Wildman–Crippen MR) is 181 cm³/mol. The van der Waals surface area contributed by atoms with Crippen molar-refractivity contribution in [1.29, 1.82) is 0 Å². The number of benzene rings is 3. The Balaban J connectivity index is 1.26. The molecular formula is C35H44Cl2N6. The average molecular weight is 620 g/mol. The van der Waals surface area contributed by atoms with Crippen LogP contribution in [0.5, 0.6) is 0 Å². The number of hydrogen-bond acceptors (Lipinski definition) is 6. The number of piperazine rings is 1. The second-order valence-corrected chi connectivity index (χ2v) is 12.4. The molecule has 1 atom stereocenters. The van der Waals surface area contributed by atoms with E-state index in [2.05, 4.69) is 89.3 Å². The van der Waals surface area contributed by atoms with Gasteiger partial charge in [0.2, 0.25) is 0 Å². The van der Waals surface area contributed by atoms with E-state index in [9.17, 15) is 0 Å². The van der Waals surface area contributed by atoms with Crippen LogP contribution in [0.3, 0.4) is 0 Å². The first kappa shape index (κ1) is 31.7. The van der Waals surface area contributed by atoms with Gasteiger partial charge in [0.15, 0.2) is 0 Å². The maximum Gasteiger partial charge on any atom is 0.145 e. The van der Waals surface area contributed by atoms with Gasteiger partial charge in [-0.15, -0.1) is 0 Å². The van der Waals surface area contributed by atoms with E-state index in [0.29, 0.717) is 6.04 Å². The fourth-order valence-corrected chi connectivity index (χ4v) is 6.31. The summed E-state index contributed by atoms with van der Waals surface area (Å²) in [4.78, 5) is 17.5. The van der Waals surface area contributed by atoms with Crippen LogP contribution in [0.15, 0.2) is 72.8 Å². The lowest BCUT2D eigenvalue weighted by Gasteiger charge is -2.39. The third-order valence-corrected chi connectivity index (χ3v) is 9.05. The van der Waals surface area contributed by atoms with Gasteiger partial charge in [-0.05, 0) is 86.9 Å². The Morgan fingerprint density at radius 2 is 1.42 bits per heavy atom. The first-order chi connectivity index (χ1) is 20.9. The van der Waals surface area contributed by atoms with E-state index in [0.717, 1.165) is 91.4 Å². The molecule has 0 aliphatic carbocycles. The maximum absolute atomic E-state index is 6.23. The molecular weight excluding hydrogens is 575 g/mol. The Morgan fingerprint density at radius 3 is 2.02 bits per heavy atom. The number of halogens is 2. The molecule has 1 aliphatic heterocycles. The largest absolute Gasteiger partial charge is 0.367 e. The van der Waals surface area contributed by atoms with Crippen molar-refractivity contribution in [2.45, 2.75) is 52.2 Å². The van der Waals surface area contributed by atoms with Crippen LogP contribution in [0.25, 0.3) is 10.9 Å². The van der Waals surface area contributed by atoms with Crippen molar-refractivity contribution in [2.24, 2.45) is 0 Å². The lowest BCUT2D eigenvalue weighted by Crippen LogP contribution is -2.47. The van der Waals surface area contributed by atoms with E-state index in [1.807, 2.05) is 24.3 Å². The molecule has 8 heteroatoms. The van der Waals surface area contributed by atoms with Crippen molar-refractivity contribution in [3.8, 4) is 0 Å². The van der Waals surface area contributed by atoms with Gasteiger partial charge in [0.1, 0.15) is 11.6 Å². The molecule has 2 heterocycles. The van der Waals surface area contributed by atoms with Crippen LogP contribution < -0.4 is 5.32 Å². The Bertz CT molecular complexity index is 1390. The van der Waals surface area contributed by atoms with Gasteiger partial charge in [-0.3, -0.25) is 9.80 Å². The van der Waals surface area contributed by atoms with Crippen LogP contribution in [0.1, 0.15) is 56.6 Å². The highest BCUT2D eigenvalue weighted by atomic mass is 35.5. The Labute approximate surface area is 267 Å². The second kappa shape index (κ2) is 15.3. The summed E-state index contributed by atoms with van der Waals surface area (Å²) in [5.41, 5.74) is 3.47. The minimum Gasteiger partial charge on any atom is -0.367 e. The number of para-hydroxylation sites is 1. The van der Waals surface area contributed by atoms with Crippen LogP contribution in [0.2, 0.25) is 10.0 Å². The zero-order valence-electron chi connectivity index (χ0n) is 25.6. The van der Waals surface area contributed by atoms with E-state index in [1.165, 1.54) is 17.5 Å². The van der Waals surface area contributed by atoms with Crippen molar-refractivity contribution in [1.82, 2.24) is 24.7 Å². The topological polar surface area (TPSA) is 47.5 Å². The van der Waals surface area contributed by atoms with Crippen LogP contribution in [0.4, 0.5) is 5.82 Å². The zero-order valence-corrected chi connectivity index (χ0v) is 27.2. The first-order valence-electron chi connectivity index (χ1n) is 15.6. The van der Waals surface area contributed by atoms with Crippen LogP contribution in [0, 0.1) is 0 Å². The second-order valence-electron chi connectivity index (χ2n) is 11.5. The number of nitrogens with zero attached hydrogens (tertiary/aromatic N) is 5.